The summed E-state index contributed by atoms with van der Waals surface area (Å²) in [6, 6.07) is 1.63. The van der Waals surface area contributed by atoms with Crippen LogP contribution >= 0.6 is 0 Å². The summed E-state index contributed by atoms with van der Waals surface area (Å²) in [7, 11) is 1.41. The fraction of sp³-hybridized carbons (Fsp3) is 0.625. The fourth-order valence-corrected chi connectivity index (χ4v) is 4.06. The summed E-state index contributed by atoms with van der Waals surface area (Å²) >= 11 is 0. The second-order valence-corrected chi connectivity index (χ2v) is 6.21. The Morgan fingerprint density at radius 3 is 2.62 bits per heavy atom. The highest BCUT2D eigenvalue weighted by atomic mass is 16.5. The third-order valence-electron chi connectivity index (χ3n) is 4.97. The topological polar surface area (TPSA) is 68.5 Å². The molecule has 0 saturated heterocycles. The number of furan rings is 1. The van der Waals surface area contributed by atoms with Crippen molar-refractivity contribution in [2.45, 2.75) is 39.2 Å². The number of methoxy groups -OCH3 is 1. The number of carbonyl (C=O) groups excluding carboxylic acids is 2. The molecule has 0 aliphatic heterocycles. The molecule has 1 N–H and O–H groups in total. The summed E-state index contributed by atoms with van der Waals surface area (Å²) < 4.78 is 10.3. The quantitative estimate of drug-likeness (QED) is 0.867. The van der Waals surface area contributed by atoms with Crippen LogP contribution in [0.15, 0.2) is 10.5 Å². The zero-order chi connectivity index (χ0) is 15.1. The minimum Gasteiger partial charge on any atom is -0.469 e. The van der Waals surface area contributed by atoms with Gasteiger partial charge in [0.2, 0.25) is 0 Å². The van der Waals surface area contributed by atoms with E-state index in [0.717, 1.165) is 25.0 Å². The molecule has 1 aromatic heterocycles. The molecular formula is C16H21NO4. The second kappa shape index (κ2) is 5.20. The molecule has 1 aromatic rings. The zero-order valence-corrected chi connectivity index (χ0v) is 12.6. The lowest BCUT2D eigenvalue weighted by atomic mass is 9.84. The summed E-state index contributed by atoms with van der Waals surface area (Å²) in [5, 5.41) is 3.05. The van der Waals surface area contributed by atoms with Gasteiger partial charge >= 0.3 is 5.97 Å². The van der Waals surface area contributed by atoms with Crippen LogP contribution in [0.2, 0.25) is 0 Å². The van der Waals surface area contributed by atoms with Crippen LogP contribution in [0.5, 0.6) is 0 Å². The van der Waals surface area contributed by atoms with Gasteiger partial charge in [-0.2, -0.15) is 0 Å². The van der Waals surface area contributed by atoms with Gasteiger partial charge in [-0.05, 0) is 51.0 Å². The highest BCUT2D eigenvalue weighted by Gasteiger charge is 2.52. The largest absolute Gasteiger partial charge is 0.469 e. The van der Waals surface area contributed by atoms with Gasteiger partial charge in [0, 0.05) is 6.04 Å². The van der Waals surface area contributed by atoms with Crippen molar-refractivity contribution in [2.75, 3.05) is 7.11 Å². The first-order chi connectivity index (χ1) is 10.0. The molecule has 1 amide bonds. The monoisotopic (exact) mass is 291 g/mol. The Morgan fingerprint density at radius 1 is 1.29 bits per heavy atom. The Labute approximate surface area is 124 Å². The first-order valence-corrected chi connectivity index (χ1v) is 7.47. The molecule has 1 heterocycles. The Morgan fingerprint density at radius 2 is 2.00 bits per heavy atom. The van der Waals surface area contributed by atoms with Crippen molar-refractivity contribution in [3.8, 4) is 0 Å². The molecule has 114 valence electrons. The number of fused-ring (bicyclic) bond motifs is 2. The molecule has 2 saturated carbocycles. The van der Waals surface area contributed by atoms with E-state index in [9.17, 15) is 9.59 Å². The van der Waals surface area contributed by atoms with E-state index in [-0.39, 0.29) is 23.8 Å². The number of esters is 1. The molecule has 5 heteroatoms. The molecule has 0 spiro atoms. The molecule has 2 bridgehead atoms. The SMILES string of the molecule is COC(=O)[C@@H]1[C@H]2CC[C@@H](C2)[C@H]1NC(=O)c1cc(C)oc1C. The summed E-state index contributed by atoms with van der Waals surface area (Å²) in [5.74, 6) is 1.50. The van der Waals surface area contributed by atoms with Gasteiger partial charge in [-0.3, -0.25) is 9.59 Å². The van der Waals surface area contributed by atoms with Crippen molar-refractivity contribution < 1.29 is 18.7 Å². The third kappa shape index (κ3) is 2.34. The normalized spacial score (nSPS) is 30.4. The number of rotatable bonds is 3. The lowest BCUT2D eigenvalue weighted by molar-refractivity contribution is -0.148. The Hall–Kier alpha value is -1.78. The van der Waals surface area contributed by atoms with Crippen molar-refractivity contribution in [3.63, 3.8) is 0 Å². The maximum Gasteiger partial charge on any atom is 0.311 e. The Bertz CT molecular complexity index is 577. The predicted octanol–water partition coefficient (Wildman–Crippen LogP) is 2.21. The first kappa shape index (κ1) is 14.2. The highest BCUT2D eigenvalue weighted by molar-refractivity contribution is 5.95. The summed E-state index contributed by atoms with van der Waals surface area (Å²) in [6.07, 6.45) is 3.14. The van der Waals surface area contributed by atoms with Crippen molar-refractivity contribution in [2.24, 2.45) is 17.8 Å². The van der Waals surface area contributed by atoms with Gasteiger partial charge in [0.05, 0.1) is 18.6 Å². The maximum atomic E-state index is 12.4. The molecule has 21 heavy (non-hydrogen) atoms. The van der Waals surface area contributed by atoms with Crippen molar-refractivity contribution in [3.05, 3.63) is 23.2 Å². The Balaban J connectivity index is 1.78. The molecule has 2 fully saturated rings. The van der Waals surface area contributed by atoms with Crippen LogP contribution in [-0.4, -0.2) is 25.0 Å². The predicted molar refractivity (Wildman–Crippen MR) is 75.8 cm³/mol. The van der Waals surface area contributed by atoms with Crippen LogP contribution in [-0.2, 0) is 9.53 Å². The molecular weight excluding hydrogens is 270 g/mol. The minimum atomic E-state index is -0.203. The van der Waals surface area contributed by atoms with Gasteiger partial charge < -0.3 is 14.5 Å². The maximum absolute atomic E-state index is 12.4. The standard InChI is InChI=1S/C16H21NO4/c1-8-6-12(9(2)21-8)15(18)17-14-11-5-4-10(7-11)13(14)16(19)20-3/h6,10-11,13-14H,4-5,7H2,1-3H3,(H,17,18)/t10-,11-,13+,14+/m0/s1. The number of hydrogen-bond donors (Lipinski definition) is 1. The Kier molecular flexibility index (Phi) is 3.51. The molecule has 3 rings (SSSR count). The minimum absolute atomic E-state index is 0.113. The van der Waals surface area contributed by atoms with Crippen LogP contribution in [0, 0.1) is 31.6 Å². The molecule has 5 nitrogen and oxygen atoms in total. The summed E-state index contributed by atoms with van der Waals surface area (Å²) in [6.45, 7) is 3.60. The molecule has 4 atom stereocenters. The van der Waals surface area contributed by atoms with E-state index in [4.69, 9.17) is 9.15 Å². The van der Waals surface area contributed by atoms with Gasteiger partial charge in [-0.1, -0.05) is 0 Å². The number of nitrogens with one attached hydrogen (secondary N) is 1. The van der Waals surface area contributed by atoms with E-state index in [1.807, 2.05) is 6.92 Å². The van der Waals surface area contributed by atoms with E-state index < -0.39 is 0 Å². The van der Waals surface area contributed by atoms with Gasteiger partial charge in [-0.25, -0.2) is 0 Å². The molecule has 2 aliphatic carbocycles. The number of carbonyl (C=O) groups is 2. The lowest BCUT2D eigenvalue weighted by Gasteiger charge is -2.29. The van der Waals surface area contributed by atoms with Crippen LogP contribution in [0.25, 0.3) is 0 Å². The van der Waals surface area contributed by atoms with E-state index in [1.54, 1.807) is 13.0 Å². The molecule has 0 aromatic carbocycles. The van der Waals surface area contributed by atoms with Crippen molar-refractivity contribution in [1.82, 2.24) is 5.32 Å². The summed E-state index contributed by atoms with van der Waals surface area (Å²) in [4.78, 5) is 24.5. The van der Waals surface area contributed by atoms with Crippen molar-refractivity contribution >= 4 is 11.9 Å². The van der Waals surface area contributed by atoms with E-state index in [1.165, 1.54) is 7.11 Å². The third-order valence-corrected chi connectivity index (χ3v) is 4.97. The fourth-order valence-electron chi connectivity index (χ4n) is 4.06. The number of hydrogen-bond acceptors (Lipinski definition) is 4. The van der Waals surface area contributed by atoms with E-state index in [2.05, 4.69) is 5.32 Å². The van der Waals surface area contributed by atoms with Gasteiger partial charge in [0.15, 0.2) is 0 Å². The van der Waals surface area contributed by atoms with E-state index >= 15 is 0 Å². The van der Waals surface area contributed by atoms with Gasteiger partial charge in [-0.15, -0.1) is 0 Å². The van der Waals surface area contributed by atoms with Crippen LogP contribution in [0.4, 0.5) is 0 Å². The van der Waals surface area contributed by atoms with Crippen LogP contribution in [0.1, 0.15) is 41.1 Å². The average Bonchev–Trinajstić information content (AvgIpc) is 3.12. The van der Waals surface area contributed by atoms with Gasteiger partial charge in [0.1, 0.15) is 11.5 Å². The first-order valence-electron chi connectivity index (χ1n) is 7.47. The number of aryl methyl sites for hydroxylation is 2. The zero-order valence-electron chi connectivity index (χ0n) is 12.6. The van der Waals surface area contributed by atoms with Crippen LogP contribution in [0.3, 0.4) is 0 Å². The van der Waals surface area contributed by atoms with Gasteiger partial charge in [0.25, 0.3) is 5.91 Å². The summed E-state index contributed by atoms with van der Waals surface area (Å²) in [5.41, 5.74) is 0.555. The lowest BCUT2D eigenvalue weighted by Crippen LogP contribution is -2.47. The molecule has 0 radical (unpaired) electrons. The van der Waals surface area contributed by atoms with E-state index in [0.29, 0.717) is 23.2 Å². The molecule has 2 aliphatic rings. The number of ether oxygens (including phenoxy) is 1. The number of amides is 1. The average molecular weight is 291 g/mol. The van der Waals surface area contributed by atoms with Crippen LogP contribution < -0.4 is 5.32 Å². The smallest absolute Gasteiger partial charge is 0.311 e. The highest BCUT2D eigenvalue weighted by Crippen LogP contribution is 2.49. The van der Waals surface area contributed by atoms with Crippen molar-refractivity contribution in [1.29, 1.82) is 0 Å². The molecule has 0 unspecified atom stereocenters. The second-order valence-electron chi connectivity index (χ2n) is 6.21.